The molecule has 1 aromatic carbocycles. The molecule has 1 aliphatic rings. The predicted octanol–water partition coefficient (Wildman–Crippen LogP) is 3.51. The fourth-order valence-corrected chi connectivity index (χ4v) is 3.87. The van der Waals surface area contributed by atoms with Crippen LogP contribution in [0.2, 0.25) is 0 Å². The second kappa shape index (κ2) is 8.99. The summed E-state index contributed by atoms with van der Waals surface area (Å²) in [5.74, 6) is -0.941. The summed E-state index contributed by atoms with van der Waals surface area (Å²) in [6, 6.07) is 7.81. The summed E-state index contributed by atoms with van der Waals surface area (Å²) in [6.45, 7) is 2.69. The summed E-state index contributed by atoms with van der Waals surface area (Å²) in [6.07, 6.45) is 5.05. The van der Waals surface area contributed by atoms with Crippen LogP contribution in [0, 0.1) is 11.3 Å². The second-order valence-corrected chi connectivity index (χ2v) is 7.21. The lowest BCUT2D eigenvalue weighted by Crippen LogP contribution is -2.45. The largest absolute Gasteiger partial charge is 0.481 e. The minimum Gasteiger partial charge on any atom is -0.481 e. The standard InChI is InChI=1S/C20H29NO4/c1-20(12-18(22)23,17-10-4-3-5-11-17)19(24)21-13-15-8-6-7-9-16(15)14-25-2/h6-9,17H,3-5,10-14H2,1-2H3,(H,21,24)(H,22,23). The number of hydrogen-bond donors (Lipinski definition) is 2. The Labute approximate surface area is 149 Å². The molecule has 0 aromatic heterocycles. The highest BCUT2D eigenvalue weighted by atomic mass is 16.5. The molecule has 0 saturated heterocycles. The smallest absolute Gasteiger partial charge is 0.304 e. The third kappa shape index (κ3) is 5.05. The molecule has 0 aliphatic heterocycles. The van der Waals surface area contributed by atoms with Crippen LogP contribution >= 0.6 is 0 Å². The van der Waals surface area contributed by atoms with Gasteiger partial charge in [-0.2, -0.15) is 0 Å². The Hall–Kier alpha value is -1.88. The van der Waals surface area contributed by atoms with E-state index in [1.54, 1.807) is 7.11 Å². The van der Waals surface area contributed by atoms with Crippen LogP contribution in [0.25, 0.3) is 0 Å². The highest BCUT2D eigenvalue weighted by molar-refractivity contribution is 5.86. The van der Waals surface area contributed by atoms with Gasteiger partial charge in [0.15, 0.2) is 0 Å². The van der Waals surface area contributed by atoms with Crippen molar-refractivity contribution in [1.82, 2.24) is 5.32 Å². The number of rotatable bonds is 8. The lowest BCUT2D eigenvalue weighted by Gasteiger charge is -2.37. The van der Waals surface area contributed by atoms with E-state index in [0.717, 1.165) is 36.8 Å². The van der Waals surface area contributed by atoms with Gasteiger partial charge < -0.3 is 15.2 Å². The van der Waals surface area contributed by atoms with E-state index in [1.807, 2.05) is 31.2 Å². The van der Waals surface area contributed by atoms with Gasteiger partial charge in [-0.3, -0.25) is 9.59 Å². The molecule has 1 saturated carbocycles. The normalized spacial score (nSPS) is 17.7. The van der Waals surface area contributed by atoms with Crippen molar-refractivity contribution >= 4 is 11.9 Å². The lowest BCUT2D eigenvalue weighted by molar-refractivity contribution is -0.148. The number of aliphatic carboxylic acids is 1. The van der Waals surface area contributed by atoms with Crippen LogP contribution in [0.4, 0.5) is 0 Å². The zero-order chi connectivity index (χ0) is 18.3. The number of methoxy groups -OCH3 is 1. The fraction of sp³-hybridized carbons (Fsp3) is 0.600. The van der Waals surface area contributed by atoms with E-state index < -0.39 is 11.4 Å². The lowest BCUT2D eigenvalue weighted by atomic mass is 9.67. The Morgan fingerprint density at radius 3 is 2.44 bits per heavy atom. The van der Waals surface area contributed by atoms with Crippen molar-refractivity contribution in [3.05, 3.63) is 35.4 Å². The van der Waals surface area contributed by atoms with Crippen molar-refractivity contribution in [2.45, 2.75) is 58.6 Å². The van der Waals surface area contributed by atoms with Gasteiger partial charge >= 0.3 is 5.97 Å². The monoisotopic (exact) mass is 347 g/mol. The minimum atomic E-state index is -0.914. The molecule has 138 valence electrons. The molecular formula is C20H29NO4. The molecule has 5 heteroatoms. The van der Waals surface area contributed by atoms with E-state index in [0.29, 0.717) is 13.2 Å². The topological polar surface area (TPSA) is 75.6 Å². The van der Waals surface area contributed by atoms with Gasteiger partial charge in [-0.25, -0.2) is 0 Å². The summed E-state index contributed by atoms with van der Waals surface area (Å²) in [4.78, 5) is 24.3. The quantitative estimate of drug-likeness (QED) is 0.754. The molecule has 0 radical (unpaired) electrons. The Morgan fingerprint density at radius 2 is 1.84 bits per heavy atom. The van der Waals surface area contributed by atoms with Gasteiger partial charge in [0.25, 0.3) is 0 Å². The number of nitrogens with one attached hydrogen (secondary N) is 1. The molecule has 2 N–H and O–H groups in total. The average Bonchev–Trinajstić information content (AvgIpc) is 2.61. The van der Waals surface area contributed by atoms with Crippen molar-refractivity contribution in [3.8, 4) is 0 Å². The van der Waals surface area contributed by atoms with Gasteiger partial charge in [-0.1, -0.05) is 43.5 Å². The summed E-state index contributed by atoms with van der Waals surface area (Å²) in [7, 11) is 1.64. The maximum absolute atomic E-state index is 12.9. The molecule has 0 spiro atoms. The molecule has 2 rings (SSSR count). The summed E-state index contributed by atoms with van der Waals surface area (Å²) >= 11 is 0. The van der Waals surface area contributed by atoms with Crippen LogP contribution in [0.15, 0.2) is 24.3 Å². The molecule has 1 fully saturated rings. The Balaban J connectivity index is 2.10. The molecule has 1 atom stereocenters. The van der Waals surface area contributed by atoms with E-state index in [-0.39, 0.29) is 18.2 Å². The van der Waals surface area contributed by atoms with Crippen molar-refractivity contribution in [2.75, 3.05) is 7.11 Å². The molecule has 1 amide bonds. The Kier molecular flexibility index (Phi) is 7.00. The predicted molar refractivity (Wildman–Crippen MR) is 95.9 cm³/mol. The van der Waals surface area contributed by atoms with Crippen molar-refractivity contribution < 1.29 is 19.4 Å². The van der Waals surface area contributed by atoms with Crippen LogP contribution in [0.3, 0.4) is 0 Å². The summed E-state index contributed by atoms with van der Waals surface area (Å²) in [5, 5.41) is 12.3. The maximum Gasteiger partial charge on any atom is 0.304 e. The zero-order valence-electron chi connectivity index (χ0n) is 15.2. The van der Waals surface area contributed by atoms with Crippen LogP contribution in [0.1, 0.15) is 56.6 Å². The van der Waals surface area contributed by atoms with Crippen molar-refractivity contribution in [3.63, 3.8) is 0 Å². The van der Waals surface area contributed by atoms with Gasteiger partial charge in [0, 0.05) is 13.7 Å². The molecule has 0 bridgehead atoms. The number of carboxylic acid groups (broad SMARTS) is 1. The van der Waals surface area contributed by atoms with Gasteiger partial charge in [0.2, 0.25) is 5.91 Å². The van der Waals surface area contributed by atoms with Gasteiger partial charge in [0.05, 0.1) is 18.4 Å². The van der Waals surface area contributed by atoms with Gasteiger partial charge in [-0.05, 0) is 36.8 Å². The summed E-state index contributed by atoms with van der Waals surface area (Å²) in [5.41, 5.74) is 1.17. The number of benzene rings is 1. The number of carboxylic acids is 1. The Morgan fingerprint density at radius 1 is 1.20 bits per heavy atom. The SMILES string of the molecule is COCc1ccccc1CNC(=O)C(C)(CC(=O)O)C1CCCCC1. The first-order valence-corrected chi connectivity index (χ1v) is 9.03. The first kappa shape index (κ1) is 19.4. The summed E-state index contributed by atoms with van der Waals surface area (Å²) < 4.78 is 5.20. The molecule has 0 heterocycles. The van der Waals surface area contributed by atoms with E-state index in [1.165, 1.54) is 6.42 Å². The van der Waals surface area contributed by atoms with Gasteiger partial charge in [-0.15, -0.1) is 0 Å². The van der Waals surface area contributed by atoms with Crippen LogP contribution in [-0.2, 0) is 27.5 Å². The van der Waals surface area contributed by atoms with E-state index in [2.05, 4.69) is 5.32 Å². The Bertz CT molecular complexity index is 595. The minimum absolute atomic E-state index is 0.122. The third-order valence-corrected chi connectivity index (χ3v) is 5.40. The van der Waals surface area contributed by atoms with Crippen LogP contribution in [-0.4, -0.2) is 24.1 Å². The molecule has 1 unspecified atom stereocenters. The second-order valence-electron chi connectivity index (χ2n) is 7.21. The first-order valence-electron chi connectivity index (χ1n) is 9.03. The van der Waals surface area contributed by atoms with Gasteiger partial charge in [0.1, 0.15) is 0 Å². The average molecular weight is 347 g/mol. The third-order valence-electron chi connectivity index (χ3n) is 5.40. The first-order chi connectivity index (χ1) is 12.0. The van der Waals surface area contributed by atoms with E-state index in [4.69, 9.17) is 4.74 Å². The maximum atomic E-state index is 12.9. The number of amides is 1. The molecule has 1 aromatic rings. The number of ether oxygens (including phenoxy) is 1. The van der Waals surface area contributed by atoms with Crippen LogP contribution in [0.5, 0.6) is 0 Å². The highest BCUT2D eigenvalue weighted by Crippen LogP contribution is 2.41. The molecule has 1 aliphatic carbocycles. The van der Waals surface area contributed by atoms with Crippen LogP contribution < -0.4 is 5.32 Å². The fourth-order valence-electron chi connectivity index (χ4n) is 3.87. The van der Waals surface area contributed by atoms with Crippen molar-refractivity contribution in [1.29, 1.82) is 0 Å². The number of carbonyl (C=O) groups excluding carboxylic acids is 1. The van der Waals surface area contributed by atoms with E-state index in [9.17, 15) is 14.7 Å². The van der Waals surface area contributed by atoms with Crippen molar-refractivity contribution in [2.24, 2.45) is 11.3 Å². The molecule has 5 nitrogen and oxygen atoms in total. The molecule has 25 heavy (non-hydrogen) atoms. The number of carbonyl (C=O) groups is 2. The zero-order valence-corrected chi connectivity index (χ0v) is 15.2. The highest BCUT2D eigenvalue weighted by Gasteiger charge is 2.43. The van der Waals surface area contributed by atoms with E-state index >= 15 is 0 Å². The molecular weight excluding hydrogens is 318 g/mol. The number of hydrogen-bond acceptors (Lipinski definition) is 3.